The number of aliphatic hydroxyl groups is 2. The number of fused-ring (bicyclic) bond motifs is 6. The van der Waals surface area contributed by atoms with Crippen LogP contribution < -0.4 is 5.32 Å². The Labute approximate surface area is 523 Å². The highest BCUT2D eigenvalue weighted by Gasteiger charge is 2.47. The molecule has 4 N–H and O–H groups in total. The molecule has 478 valence electrons. The number of likely N-dealkylation sites (tertiary alicyclic amines) is 2. The van der Waals surface area contributed by atoms with Crippen molar-refractivity contribution < 1.29 is 37.8 Å². The monoisotopic (exact) mass is 1220 g/mol. The van der Waals surface area contributed by atoms with Crippen LogP contribution in [-0.4, -0.2) is 159 Å². The van der Waals surface area contributed by atoms with Gasteiger partial charge < -0.3 is 44.3 Å². The number of halogens is 3. The van der Waals surface area contributed by atoms with E-state index in [4.69, 9.17) is 0 Å². The van der Waals surface area contributed by atoms with Crippen molar-refractivity contribution in [1.82, 2.24) is 39.0 Å². The number of aromatic amines is 1. The van der Waals surface area contributed by atoms with Gasteiger partial charge in [0.2, 0.25) is 0 Å². The SMILES string of the molecule is CCC(CO)CC(=O)[C@@H]1C=C2c3cccc4c3c(c(C3CC3)n4C)CC2N(C)C1.CCC(CO)CC(=O)[C@@H]1C[C@@H]2c3cccc4c3c(c(C3CC3)n4C)C[C@H]2N(C)C1.CCN(CC(F)(F)F)C(=O)N[C@H]1C[C@@H]2c3cccc4[nH]c(C5CC5)c(c34)C[C@H]2N(C)C1. The number of hydrogen-bond acceptors (Lipinski definition) is 8. The first-order valence-corrected chi connectivity index (χ1v) is 33.9. The minimum absolute atomic E-state index is 0.0237. The van der Waals surface area contributed by atoms with E-state index < -0.39 is 18.8 Å². The van der Waals surface area contributed by atoms with Crippen LogP contribution in [0.3, 0.4) is 0 Å². The Bertz CT molecular complexity index is 3690. The number of hydrogen-bond donors (Lipinski definition) is 4. The molecule has 0 spiro atoms. The second kappa shape index (κ2) is 24.7. The Kier molecular flexibility index (Phi) is 17.2. The van der Waals surface area contributed by atoms with Gasteiger partial charge in [0.15, 0.2) is 0 Å². The van der Waals surface area contributed by atoms with Crippen LogP contribution in [0.2, 0.25) is 0 Å². The van der Waals surface area contributed by atoms with Gasteiger partial charge in [0.05, 0.1) is 0 Å². The fraction of sp³-hybridized carbons (Fsp3) is 0.603. The molecule has 2 saturated heterocycles. The fourth-order valence-electron chi connectivity index (χ4n) is 17.6. The van der Waals surface area contributed by atoms with Gasteiger partial charge in [0, 0.05) is 164 Å². The number of aliphatic hydroxyl groups excluding tert-OH is 2. The number of Topliss-reactive ketones (excluding diaryl/α,β-unsaturated/α-hetero) is 2. The van der Waals surface area contributed by atoms with Crippen molar-refractivity contribution in [3.05, 3.63) is 111 Å². The fourth-order valence-corrected chi connectivity index (χ4v) is 17.6. The summed E-state index contributed by atoms with van der Waals surface area (Å²) in [5.41, 5.74) is 18.4. The summed E-state index contributed by atoms with van der Waals surface area (Å²) in [6.45, 7) is 6.99. The number of benzene rings is 3. The van der Waals surface area contributed by atoms with Gasteiger partial charge in [-0.2, -0.15) is 13.2 Å². The lowest BCUT2D eigenvalue weighted by atomic mass is 9.70. The lowest BCUT2D eigenvalue weighted by Gasteiger charge is -2.46. The zero-order valence-corrected chi connectivity index (χ0v) is 53.8. The molecule has 6 heterocycles. The van der Waals surface area contributed by atoms with Crippen molar-refractivity contribution in [1.29, 1.82) is 0 Å². The molecule has 6 aromatic rings. The van der Waals surface area contributed by atoms with Gasteiger partial charge in [-0.05, 0) is 185 Å². The molecule has 5 fully saturated rings. The molecular weight excluding hydrogens is 1130 g/mol. The van der Waals surface area contributed by atoms with Gasteiger partial charge in [-0.3, -0.25) is 14.5 Å². The molecule has 3 aromatic carbocycles. The van der Waals surface area contributed by atoms with Gasteiger partial charge in [-0.25, -0.2) is 4.79 Å². The number of nitrogens with zero attached hydrogens (tertiary/aromatic N) is 6. The average molecular weight is 1220 g/mol. The lowest BCUT2D eigenvalue weighted by molar-refractivity contribution is -0.139. The van der Waals surface area contributed by atoms with Crippen molar-refractivity contribution in [3.63, 3.8) is 0 Å². The molecular formula is C73H95F3N8O5. The predicted octanol–water partition coefficient (Wildman–Crippen LogP) is 12.2. The number of carbonyl (C=O) groups is 3. The number of ketones is 2. The highest BCUT2D eigenvalue weighted by molar-refractivity contribution is 6.01. The zero-order chi connectivity index (χ0) is 62.5. The third kappa shape index (κ3) is 11.7. The molecule has 6 aliphatic carbocycles. The highest BCUT2D eigenvalue weighted by Crippen LogP contribution is 2.54. The van der Waals surface area contributed by atoms with Crippen molar-refractivity contribution in [2.45, 2.75) is 177 Å². The van der Waals surface area contributed by atoms with E-state index in [1.54, 1.807) is 29.4 Å². The molecule has 0 radical (unpaired) electrons. The van der Waals surface area contributed by atoms with Crippen LogP contribution in [0.4, 0.5) is 18.0 Å². The standard InChI is InChI=1S/C25H34N2O2.C25H32N2O2.C23H29F3N4O/c2*1-4-15(14-28)10-23(29)17-11-19-18-6-5-7-21-24(18)20(12-22(19)26(2)13-17)25(27(21)3)16-8-9-16;1-3-30(12-23(24,25)26)22(31)27-14-9-16-15-5-4-6-18-20(15)17(10-19(16)29(2)11-14)21(28-18)13-7-8-13/h5-7,15-17,19,22,28H,4,8-14H2,1-3H3;5-7,11,15-17,22,28H,4,8-10,12-14H2,1-3H3;4-6,13-14,16,19,28H,3,7-12H2,1-2H3,(H,27,31)/t15?,17-,19-,22-;15?,17-,22?;14-,16+,19+/m110/s1. The number of aromatic nitrogens is 3. The van der Waals surface area contributed by atoms with E-state index in [-0.39, 0.29) is 61.2 Å². The largest absolute Gasteiger partial charge is 0.406 e. The number of likely N-dealkylation sites (N-methyl/N-ethyl adjacent to an activating group) is 3. The maximum absolute atomic E-state index is 13.0. The van der Waals surface area contributed by atoms with E-state index in [0.29, 0.717) is 55.1 Å². The van der Waals surface area contributed by atoms with Crippen molar-refractivity contribution in [2.24, 2.45) is 37.8 Å². The van der Waals surface area contributed by atoms with Gasteiger partial charge in [0.1, 0.15) is 18.1 Å². The quantitative estimate of drug-likeness (QED) is 0.0751. The number of carbonyl (C=O) groups excluding carboxylic acids is 3. The minimum atomic E-state index is -4.40. The smallest absolute Gasteiger partial charge is 0.396 e. The Hall–Kier alpha value is -5.78. The number of amides is 2. The summed E-state index contributed by atoms with van der Waals surface area (Å²) in [6, 6.07) is 20.3. The number of piperidine rings is 2. The van der Waals surface area contributed by atoms with Gasteiger partial charge in [-0.1, -0.05) is 69.2 Å². The zero-order valence-electron chi connectivity index (χ0n) is 53.8. The van der Waals surface area contributed by atoms with E-state index in [1.807, 2.05) is 6.92 Å². The summed E-state index contributed by atoms with van der Waals surface area (Å²) < 4.78 is 43.3. The summed E-state index contributed by atoms with van der Waals surface area (Å²) >= 11 is 0. The number of H-pyrrole nitrogens is 1. The molecule has 9 aliphatic rings. The molecule has 16 heteroatoms. The van der Waals surface area contributed by atoms with Crippen LogP contribution in [0.5, 0.6) is 0 Å². The van der Waals surface area contributed by atoms with E-state index >= 15 is 0 Å². The molecule has 89 heavy (non-hydrogen) atoms. The van der Waals surface area contributed by atoms with Crippen LogP contribution in [0.25, 0.3) is 38.3 Å². The van der Waals surface area contributed by atoms with Crippen LogP contribution in [0.15, 0.2) is 60.7 Å². The normalized spacial score (nSPS) is 26.3. The molecule has 0 bridgehead atoms. The lowest BCUT2D eigenvalue weighted by Crippen LogP contribution is -2.57. The first-order valence-electron chi connectivity index (χ1n) is 33.9. The summed E-state index contributed by atoms with van der Waals surface area (Å²) in [5.74, 6) is 3.65. The molecule has 15 rings (SSSR count). The van der Waals surface area contributed by atoms with Gasteiger partial charge >= 0.3 is 12.2 Å². The van der Waals surface area contributed by atoms with Crippen LogP contribution in [0, 0.1) is 23.7 Å². The second-order valence-corrected chi connectivity index (χ2v) is 28.6. The third-order valence-corrected chi connectivity index (χ3v) is 22.8. The molecule has 3 saturated carbocycles. The number of urea groups is 1. The summed E-state index contributed by atoms with van der Waals surface area (Å²) in [7, 11) is 10.9. The molecule has 3 unspecified atom stereocenters. The number of aryl methyl sites for hydroxylation is 2. The van der Waals surface area contributed by atoms with Crippen molar-refractivity contribution >= 4 is 55.9 Å². The number of nitrogens with one attached hydrogen (secondary N) is 2. The van der Waals surface area contributed by atoms with Crippen LogP contribution in [0.1, 0.15) is 178 Å². The Morgan fingerprint density at radius 2 is 1.21 bits per heavy atom. The first-order chi connectivity index (χ1) is 42.8. The summed E-state index contributed by atoms with van der Waals surface area (Å²) in [5, 5.41) is 26.2. The Morgan fingerprint density at radius 1 is 0.652 bits per heavy atom. The minimum Gasteiger partial charge on any atom is -0.396 e. The Balaban J connectivity index is 0.000000123. The van der Waals surface area contributed by atoms with E-state index in [0.717, 1.165) is 74.8 Å². The Morgan fingerprint density at radius 3 is 1.82 bits per heavy atom. The average Bonchev–Trinajstić information content (AvgIpc) is 1.60. The van der Waals surface area contributed by atoms with E-state index in [2.05, 4.69) is 137 Å². The van der Waals surface area contributed by atoms with Crippen molar-refractivity contribution in [3.8, 4) is 0 Å². The maximum Gasteiger partial charge on any atom is 0.406 e. The summed E-state index contributed by atoms with van der Waals surface area (Å²) in [6.07, 6.45) is 13.2. The van der Waals surface area contributed by atoms with Crippen LogP contribution in [-0.2, 0) is 42.9 Å². The number of alkyl halides is 3. The molecule has 13 nitrogen and oxygen atoms in total. The highest BCUT2D eigenvalue weighted by atomic mass is 19.4. The second-order valence-electron chi connectivity index (χ2n) is 28.6. The van der Waals surface area contributed by atoms with Crippen molar-refractivity contribution in [2.75, 3.05) is 67.1 Å². The molecule has 10 atom stereocenters. The van der Waals surface area contributed by atoms with E-state index in [1.165, 1.54) is 105 Å². The van der Waals surface area contributed by atoms with Crippen LogP contribution >= 0.6 is 0 Å². The molecule has 3 aromatic heterocycles. The first kappa shape index (κ1) is 62.0. The topological polar surface area (TPSA) is 142 Å². The van der Waals surface area contributed by atoms with Gasteiger partial charge in [0.25, 0.3) is 0 Å². The molecule has 2 amide bonds. The number of rotatable bonds is 16. The van der Waals surface area contributed by atoms with Gasteiger partial charge in [-0.15, -0.1) is 0 Å². The maximum atomic E-state index is 13.0. The predicted molar refractivity (Wildman–Crippen MR) is 347 cm³/mol. The third-order valence-electron chi connectivity index (χ3n) is 22.8. The van der Waals surface area contributed by atoms with E-state index in [9.17, 15) is 37.8 Å². The molecule has 3 aliphatic heterocycles. The summed E-state index contributed by atoms with van der Waals surface area (Å²) in [4.78, 5) is 50.2.